The van der Waals surface area contributed by atoms with Crippen molar-refractivity contribution in [3.05, 3.63) is 48.6 Å². The zero-order chi connectivity index (χ0) is 45.1. The average Bonchev–Trinajstić information content (AvgIpc) is 3.24. The van der Waals surface area contributed by atoms with Crippen LogP contribution in [-0.2, 0) is 37.5 Å². The van der Waals surface area contributed by atoms with Gasteiger partial charge >= 0.3 is 25.7 Å². The van der Waals surface area contributed by atoms with E-state index >= 15 is 0 Å². The van der Waals surface area contributed by atoms with E-state index in [0.29, 0.717) is 19.3 Å². The van der Waals surface area contributed by atoms with Crippen molar-refractivity contribution in [3.63, 3.8) is 0 Å². The van der Waals surface area contributed by atoms with Crippen LogP contribution in [0.25, 0.3) is 0 Å². The van der Waals surface area contributed by atoms with Crippen LogP contribution in [0.2, 0.25) is 0 Å². The molecule has 0 aliphatic carbocycles. The summed E-state index contributed by atoms with van der Waals surface area (Å²) in [6.07, 6.45) is 45.5. The fourth-order valence-corrected chi connectivity index (χ4v) is 7.11. The Morgan fingerprint density at radius 1 is 0.574 bits per heavy atom. The molecule has 0 radical (unpaired) electrons. The van der Waals surface area contributed by atoms with Gasteiger partial charge in [-0.05, 0) is 57.8 Å². The summed E-state index contributed by atoms with van der Waals surface area (Å²) in [6, 6.07) is -1.54. The van der Waals surface area contributed by atoms with Gasteiger partial charge in [0.05, 0.1) is 19.3 Å². The summed E-state index contributed by atoms with van der Waals surface area (Å²) in [6.45, 7) is 2.48. The number of nitrogens with two attached hydrogens (primary N) is 1. The highest BCUT2D eigenvalue weighted by Gasteiger charge is 2.28. The van der Waals surface area contributed by atoms with E-state index in [2.05, 4.69) is 47.9 Å². The predicted octanol–water partition coefficient (Wildman–Crippen LogP) is 11.9. The number of hydrogen-bond acceptors (Lipinski definition) is 10. The van der Waals surface area contributed by atoms with Crippen LogP contribution in [0.1, 0.15) is 200 Å². The highest BCUT2D eigenvalue weighted by molar-refractivity contribution is 7.47. The first-order chi connectivity index (χ1) is 29.5. The van der Waals surface area contributed by atoms with Crippen molar-refractivity contribution in [2.45, 2.75) is 218 Å². The second-order valence-corrected chi connectivity index (χ2v) is 17.5. The molecule has 354 valence electrons. The summed E-state index contributed by atoms with van der Waals surface area (Å²) in [4.78, 5) is 46.0. The minimum Gasteiger partial charge on any atom is -0.480 e. The van der Waals surface area contributed by atoms with Crippen molar-refractivity contribution in [1.82, 2.24) is 0 Å². The summed E-state index contributed by atoms with van der Waals surface area (Å²) >= 11 is 0. The van der Waals surface area contributed by atoms with Crippen LogP contribution in [0.5, 0.6) is 0 Å². The second kappa shape index (κ2) is 42.7. The van der Waals surface area contributed by atoms with Gasteiger partial charge in [-0.1, -0.05) is 178 Å². The van der Waals surface area contributed by atoms with E-state index in [1.165, 1.54) is 96.3 Å². The predicted molar refractivity (Wildman–Crippen MR) is 246 cm³/mol. The number of hydrogen-bond donors (Lipinski definition) is 4. The standard InChI is InChI=1S/C48H86NO11P/c1-3-5-6-7-8-9-10-11-12-13-14-15-16-20-23-26-29-32-35-38-46(51)57-40-44(41-58-61(55,56)59-42-45(49)48(53)54)60-47(52)39-36-33-30-27-24-21-18-17-19-22-25-28-31-34-37-43(50)4-2/h18-19,21-22,27-28,30-31,43-45,50H,3-17,20,23-26,29,32-42,49H2,1-2H3,(H,53,54)(H,55,56)/b21-18-,22-19-,30-27-,31-28-/t43-,44-,45+/m1/s1. The smallest absolute Gasteiger partial charge is 0.472 e. The molecule has 0 aliphatic heterocycles. The molecule has 5 N–H and O–H groups in total. The molecule has 0 spiro atoms. The number of phosphoric ester groups is 1. The van der Waals surface area contributed by atoms with Crippen LogP contribution in [0, 0.1) is 0 Å². The minimum absolute atomic E-state index is 0.0726. The molecule has 61 heavy (non-hydrogen) atoms. The van der Waals surface area contributed by atoms with Gasteiger partial charge in [-0.3, -0.25) is 23.4 Å². The van der Waals surface area contributed by atoms with E-state index in [-0.39, 0.29) is 25.6 Å². The molecule has 0 aromatic rings. The van der Waals surface area contributed by atoms with Crippen LogP contribution < -0.4 is 5.73 Å². The highest BCUT2D eigenvalue weighted by Crippen LogP contribution is 2.43. The molecular weight excluding hydrogens is 797 g/mol. The number of unbranched alkanes of at least 4 members (excludes halogenated alkanes) is 19. The Hall–Kier alpha value is -2.60. The molecule has 1 unspecified atom stereocenters. The van der Waals surface area contributed by atoms with E-state index in [0.717, 1.165) is 57.8 Å². The summed E-state index contributed by atoms with van der Waals surface area (Å²) in [7, 11) is -4.74. The monoisotopic (exact) mass is 884 g/mol. The lowest BCUT2D eigenvalue weighted by Crippen LogP contribution is -2.34. The summed E-state index contributed by atoms with van der Waals surface area (Å²) < 4.78 is 32.7. The molecule has 0 amide bonds. The topological polar surface area (TPSA) is 192 Å². The summed E-state index contributed by atoms with van der Waals surface area (Å²) in [5.41, 5.74) is 5.33. The molecule has 13 heteroatoms. The lowest BCUT2D eigenvalue weighted by Gasteiger charge is -2.20. The van der Waals surface area contributed by atoms with E-state index in [1.54, 1.807) is 0 Å². The number of carboxylic acid groups (broad SMARTS) is 1. The zero-order valence-electron chi connectivity index (χ0n) is 38.1. The number of carbonyl (C=O) groups excluding carboxylic acids is 2. The Morgan fingerprint density at radius 3 is 1.48 bits per heavy atom. The lowest BCUT2D eigenvalue weighted by molar-refractivity contribution is -0.161. The maximum absolute atomic E-state index is 12.6. The second-order valence-electron chi connectivity index (χ2n) is 16.0. The number of phosphoric acid groups is 1. The number of ether oxygens (including phenoxy) is 2. The number of rotatable bonds is 44. The van der Waals surface area contributed by atoms with Crippen LogP contribution >= 0.6 is 7.82 Å². The number of carboxylic acids is 1. The average molecular weight is 884 g/mol. The van der Waals surface area contributed by atoms with Gasteiger partial charge in [0.2, 0.25) is 0 Å². The maximum Gasteiger partial charge on any atom is 0.472 e. The van der Waals surface area contributed by atoms with E-state index in [4.69, 9.17) is 24.8 Å². The van der Waals surface area contributed by atoms with Crippen LogP contribution in [0.15, 0.2) is 48.6 Å². The van der Waals surface area contributed by atoms with E-state index in [9.17, 15) is 28.9 Å². The van der Waals surface area contributed by atoms with Crippen molar-refractivity contribution in [2.75, 3.05) is 19.8 Å². The van der Waals surface area contributed by atoms with Crippen molar-refractivity contribution in [2.24, 2.45) is 5.73 Å². The number of carbonyl (C=O) groups is 3. The third kappa shape index (κ3) is 42.5. The van der Waals surface area contributed by atoms with Crippen molar-refractivity contribution in [1.29, 1.82) is 0 Å². The number of allylic oxidation sites excluding steroid dienone is 8. The van der Waals surface area contributed by atoms with Gasteiger partial charge < -0.3 is 30.3 Å². The fourth-order valence-electron chi connectivity index (χ4n) is 6.33. The Bertz CT molecular complexity index is 1240. The molecule has 0 heterocycles. The Labute approximate surface area is 369 Å². The van der Waals surface area contributed by atoms with Gasteiger partial charge in [0.15, 0.2) is 6.10 Å². The van der Waals surface area contributed by atoms with Gasteiger partial charge in [-0.2, -0.15) is 0 Å². The number of esters is 2. The molecular formula is C48H86NO11P. The van der Waals surface area contributed by atoms with Crippen LogP contribution in [0.3, 0.4) is 0 Å². The lowest BCUT2D eigenvalue weighted by atomic mass is 10.0. The Balaban J connectivity index is 4.38. The van der Waals surface area contributed by atoms with E-state index < -0.39 is 51.1 Å². The molecule has 0 aromatic carbocycles. The van der Waals surface area contributed by atoms with Gasteiger partial charge in [0.25, 0.3) is 0 Å². The zero-order valence-corrected chi connectivity index (χ0v) is 39.0. The highest BCUT2D eigenvalue weighted by atomic mass is 31.2. The summed E-state index contributed by atoms with van der Waals surface area (Å²) in [5, 5.41) is 18.5. The van der Waals surface area contributed by atoms with Gasteiger partial charge in [0.1, 0.15) is 12.6 Å². The molecule has 0 saturated carbocycles. The fraction of sp³-hybridized carbons (Fsp3) is 0.771. The molecule has 0 saturated heterocycles. The van der Waals surface area contributed by atoms with Gasteiger partial charge in [0, 0.05) is 12.8 Å². The SMILES string of the molecule is CCCCCCCCCCCCCCCCCCCCCC(=O)OC[C@H](COP(=O)(O)OC[C@H](N)C(=O)O)OC(=O)CCC/C=C\C/C=C\C/C=C\C/C=C\CC[C@H](O)CC. The Kier molecular flexibility index (Phi) is 40.9. The summed E-state index contributed by atoms with van der Waals surface area (Å²) in [5.74, 6) is -2.47. The quantitative estimate of drug-likeness (QED) is 0.0196. The molecule has 4 atom stereocenters. The maximum atomic E-state index is 12.6. The molecule has 0 rings (SSSR count). The van der Waals surface area contributed by atoms with Gasteiger partial charge in [-0.15, -0.1) is 0 Å². The van der Waals surface area contributed by atoms with Crippen molar-refractivity contribution < 1.29 is 52.6 Å². The molecule has 0 bridgehead atoms. The minimum atomic E-state index is -4.74. The first kappa shape index (κ1) is 58.4. The molecule has 12 nitrogen and oxygen atoms in total. The van der Waals surface area contributed by atoms with Crippen LogP contribution in [-0.4, -0.2) is 71.1 Å². The number of aliphatic hydroxyl groups is 1. The van der Waals surface area contributed by atoms with Gasteiger partial charge in [-0.25, -0.2) is 4.57 Å². The van der Waals surface area contributed by atoms with Crippen molar-refractivity contribution >= 4 is 25.7 Å². The molecule has 0 aromatic heterocycles. The first-order valence-electron chi connectivity index (χ1n) is 23.7. The van der Waals surface area contributed by atoms with Crippen molar-refractivity contribution in [3.8, 4) is 0 Å². The number of aliphatic carboxylic acids is 1. The Morgan fingerprint density at radius 2 is 1.00 bits per heavy atom. The largest absolute Gasteiger partial charge is 0.480 e. The first-order valence-corrected chi connectivity index (χ1v) is 25.2. The third-order valence-electron chi connectivity index (χ3n) is 10.2. The third-order valence-corrected chi connectivity index (χ3v) is 11.2. The molecule has 0 fully saturated rings. The van der Waals surface area contributed by atoms with Crippen LogP contribution in [0.4, 0.5) is 0 Å². The number of aliphatic hydroxyl groups excluding tert-OH is 1. The molecule has 0 aliphatic rings. The van der Waals surface area contributed by atoms with E-state index in [1.807, 2.05) is 19.1 Å². The normalized spacial score (nSPS) is 14.6.